The number of nitrogens with one attached hydrogen (secondary N) is 2. The van der Waals surface area contributed by atoms with Gasteiger partial charge in [0.1, 0.15) is 11.5 Å². The van der Waals surface area contributed by atoms with Gasteiger partial charge in [0.25, 0.3) is 5.91 Å². The Bertz CT molecular complexity index is 528. The second-order valence-corrected chi connectivity index (χ2v) is 3.66. The molecule has 2 rings (SSSR count). The maximum absolute atomic E-state index is 11.9. The molecule has 92 valence electrons. The number of rotatable bonds is 4. The van der Waals surface area contributed by atoms with Gasteiger partial charge in [0.05, 0.1) is 12.2 Å². The first kappa shape index (κ1) is 12.0. The van der Waals surface area contributed by atoms with E-state index in [1.807, 2.05) is 18.2 Å². The Kier molecular flexibility index (Phi) is 3.86. The predicted molar refractivity (Wildman–Crippen MR) is 69.2 cm³/mol. The van der Waals surface area contributed by atoms with Crippen molar-refractivity contribution in [2.24, 2.45) is 0 Å². The molecule has 0 atom stereocenters. The molecule has 2 aromatic heterocycles. The Morgan fingerprint density at radius 2 is 2.11 bits per heavy atom. The fourth-order valence-electron chi connectivity index (χ4n) is 1.46. The maximum atomic E-state index is 11.9. The van der Waals surface area contributed by atoms with Gasteiger partial charge < -0.3 is 10.6 Å². The van der Waals surface area contributed by atoms with Gasteiger partial charge in [0.15, 0.2) is 0 Å². The summed E-state index contributed by atoms with van der Waals surface area (Å²) in [4.78, 5) is 20.1. The Morgan fingerprint density at radius 3 is 2.83 bits per heavy atom. The molecule has 0 fully saturated rings. The Morgan fingerprint density at radius 1 is 1.22 bits per heavy atom. The van der Waals surface area contributed by atoms with Gasteiger partial charge in [-0.1, -0.05) is 12.1 Å². The van der Waals surface area contributed by atoms with Crippen molar-refractivity contribution in [3.05, 3.63) is 54.0 Å². The first-order chi connectivity index (χ1) is 8.79. The Balaban J connectivity index is 1.99. The molecule has 0 bridgehead atoms. The average Bonchev–Trinajstić information content (AvgIpc) is 2.46. The molecule has 5 nitrogen and oxygen atoms in total. The van der Waals surface area contributed by atoms with Crippen LogP contribution in [0.5, 0.6) is 0 Å². The highest BCUT2D eigenvalue weighted by Gasteiger charge is 2.07. The summed E-state index contributed by atoms with van der Waals surface area (Å²) in [5.74, 6) is 0.457. The molecule has 0 aliphatic carbocycles. The average molecular weight is 242 g/mol. The molecule has 0 aliphatic rings. The molecule has 1 amide bonds. The molecule has 0 radical (unpaired) electrons. The van der Waals surface area contributed by atoms with Gasteiger partial charge in [-0.25, -0.2) is 4.98 Å². The molecular weight excluding hydrogens is 228 g/mol. The molecule has 0 saturated heterocycles. The van der Waals surface area contributed by atoms with E-state index in [-0.39, 0.29) is 5.91 Å². The zero-order valence-corrected chi connectivity index (χ0v) is 10.1. The third-order valence-corrected chi connectivity index (χ3v) is 2.39. The lowest BCUT2D eigenvalue weighted by molar-refractivity contribution is 0.0945. The number of aromatic nitrogens is 2. The number of hydrogen-bond acceptors (Lipinski definition) is 4. The molecule has 0 unspecified atom stereocenters. The molecule has 2 heterocycles. The van der Waals surface area contributed by atoms with E-state index in [4.69, 9.17) is 0 Å². The molecule has 0 aliphatic heterocycles. The highest BCUT2D eigenvalue weighted by molar-refractivity contribution is 5.92. The van der Waals surface area contributed by atoms with Gasteiger partial charge in [0, 0.05) is 13.2 Å². The molecule has 0 saturated carbocycles. The van der Waals surface area contributed by atoms with E-state index >= 15 is 0 Å². The number of pyridine rings is 2. The van der Waals surface area contributed by atoms with Crippen molar-refractivity contribution in [1.82, 2.24) is 15.3 Å². The molecule has 0 aromatic carbocycles. The van der Waals surface area contributed by atoms with E-state index in [1.165, 1.54) is 0 Å². The maximum Gasteiger partial charge on any atom is 0.270 e. The number of hydrogen-bond donors (Lipinski definition) is 2. The van der Waals surface area contributed by atoms with Crippen molar-refractivity contribution in [3.8, 4) is 0 Å². The molecule has 0 spiro atoms. The van der Waals surface area contributed by atoms with Crippen molar-refractivity contribution >= 4 is 11.7 Å². The van der Waals surface area contributed by atoms with Gasteiger partial charge in [-0.15, -0.1) is 0 Å². The van der Waals surface area contributed by atoms with Crippen molar-refractivity contribution in [3.63, 3.8) is 0 Å². The van der Waals surface area contributed by atoms with E-state index in [1.54, 1.807) is 31.4 Å². The number of anilines is 1. The largest absolute Gasteiger partial charge is 0.373 e. The molecular formula is C13H14N4O. The third kappa shape index (κ3) is 3.04. The van der Waals surface area contributed by atoms with E-state index in [2.05, 4.69) is 20.6 Å². The third-order valence-electron chi connectivity index (χ3n) is 2.39. The van der Waals surface area contributed by atoms with Gasteiger partial charge in [0.2, 0.25) is 0 Å². The quantitative estimate of drug-likeness (QED) is 0.851. The van der Waals surface area contributed by atoms with Crippen LogP contribution in [0.4, 0.5) is 5.82 Å². The van der Waals surface area contributed by atoms with Crippen LogP contribution in [0.25, 0.3) is 0 Å². The SMILES string of the molecule is CNc1cccc(C(=O)NCc2ccccn2)n1. The lowest BCUT2D eigenvalue weighted by Crippen LogP contribution is -2.24. The summed E-state index contributed by atoms with van der Waals surface area (Å²) in [6.07, 6.45) is 1.70. The minimum absolute atomic E-state index is 0.210. The molecule has 2 aromatic rings. The Hall–Kier alpha value is -2.43. The Labute approximate surface area is 105 Å². The second kappa shape index (κ2) is 5.77. The summed E-state index contributed by atoms with van der Waals surface area (Å²) in [6, 6.07) is 10.8. The van der Waals surface area contributed by atoms with Crippen molar-refractivity contribution in [1.29, 1.82) is 0 Å². The first-order valence-corrected chi connectivity index (χ1v) is 5.62. The summed E-state index contributed by atoms with van der Waals surface area (Å²) >= 11 is 0. The highest BCUT2D eigenvalue weighted by Crippen LogP contribution is 2.03. The van der Waals surface area contributed by atoms with E-state index in [9.17, 15) is 4.79 Å². The summed E-state index contributed by atoms with van der Waals surface area (Å²) < 4.78 is 0. The van der Waals surface area contributed by atoms with Gasteiger partial charge in [-0.3, -0.25) is 9.78 Å². The number of carbonyl (C=O) groups is 1. The number of nitrogens with zero attached hydrogens (tertiary/aromatic N) is 2. The van der Waals surface area contributed by atoms with Crippen LogP contribution < -0.4 is 10.6 Å². The van der Waals surface area contributed by atoms with Crippen molar-refractivity contribution in [2.75, 3.05) is 12.4 Å². The van der Waals surface area contributed by atoms with Crippen LogP contribution in [0.15, 0.2) is 42.6 Å². The second-order valence-electron chi connectivity index (χ2n) is 3.66. The molecule has 18 heavy (non-hydrogen) atoms. The number of carbonyl (C=O) groups excluding carboxylic acids is 1. The fourth-order valence-corrected chi connectivity index (χ4v) is 1.46. The van der Waals surface area contributed by atoms with Gasteiger partial charge in [-0.05, 0) is 24.3 Å². The smallest absolute Gasteiger partial charge is 0.270 e. The molecule has 5 heteroatoms. The van der Waals surface area contributed by atoms with Crippen LogP contribution in [-0.2, 0) is 6.54 Å². The fraction of sp³-hybridized carbons (Fsp3) is 0.154. The zero-order valence-electron chi connectivity index (χ0n) is 10.1. The predicted octanol–water partition coefficient (Wildman–Crippen LogP) is 1.45. The number of amides is 1. The summed E-state index contributed by atoms with van der Waals surface area (Å²) in [5, 5.41) is 5.67. The van der Waals surface area contributed by atoms with Gasteiger partial charge >= 0.3 is 0 Å². The topological polar surface area (TPSA) is 66.9 Å². The van der Waals surface area contributed by atoms with Crippen LogP contribution in [0, 0.1) is 0 Å². The van der Waals surface area contributed by atoms with E-state index < -0.39 is 0 Å². The first-order valence-electron chi connectivity index (χ1n) is 5.62. The van der Waals surface area contributed by atoms with Crippen LogP contribution in [0.3, 0.4) is 0 Å². The monoisotopic (exact) mass is 242 g/mol. The lowest BCUT2D eigenvalue weighted by atomic mass is 10.3. The standard InChI is InChI=1S/C13H14N4O/c1-14-12-7-4-6-11(17-12)13(18)16-9-10-5-2-3-8-15-10/h2-8H,9H2,1H3,(H,14,17)(H,16,18). The lowest BCUT2D eigenvalue weighted by Gasteiger charge is -2.05. The summed E-state index contributed by atoms with van der Waals surface area (Å²) in [5.41, 5.74) is 1.20. The van der Waals surface area contributed by atoms with Crippen LogP contribution in [0.2, 0.25) is 0 Å². The minimum atomic E-state index is -0.210. The normalized spacial score (nSPS) is 9.83. The minimum Gasteiger partial charge on any atom is -0.373 e. The van der Waals surface area contributed by atoms with Crippen LogP contribution in [-0.4, -0.2) is 22.9 Å². The van der Waals surface area contributed by atoms with Crippen molar-refractivity contribution in [2.45, 2.75) is 6.54 Å². The summed E-state index contributed by atoms with van der Waals surface area (Å²) in [6.45, 7) is 0.394. The summed E-state index contributed by atoms with van der Waals surface area (Å²) in [7, 11) is 1.76. The van der Waals surface area contributed by atoms with E-state index in [0.29, 0.717) is 18.1 Å². The van der Waals surface area contributed by atoms with Gasteiger partial charge in [-0.2, -0.15) is 0 Å². The van der Waals surface area contributed by atoms with Crippen molar-refractivity contribution < 1.29 is 4.79 Å². The molecule has 2 N–H and O–H groups in total. The van der Waals surface area contributed by atoms with Crippen LogP contribution >= 0.6 is 0 Å². The van der Waals surface area contributed by atoms with E-state index in [0.717, 1.165) is 5.69 Å². The zero-order chi connectivity index (χ0) is 12.8. The highest BCUT2D eigenvalue weighted by atomic mass is 16.1. The van der Waals surface area contributed by atoms with Crippen LogP contribution in [0.1, 0.15) is 16.2 Å².